The molecule has 0 aliphatic carbocycles. The Bertz CT molecular complexity index is 1670. The minimum Gasteiger partial charge on any atom is -0.462 e. The Morgan fingerprint density at radius 2 is 1.62 bits per heavy atom. The Morgan fingerprint density at radius 3 is 2.36 bits per heavy atom. The number of rotatable bonds is 11. The van der Waals surface area contributed by atoms with Crippen molar-refractivity contribution in [3.63, 3.8) is 0 Å². The van der Waals surface area contributed by atoms with Crippen LogP contribution in [0, 0.1) is 6.92 Å². The van der Waals surface area contributed by atoms with Gasteiger partial charge in [-0.25, -0.2) is 4.79 Å². The highest BCUT2D eigenvalue weighted by atomic mass is 16.5. The van der Waals surface area contributed by atoms with Crippen molar-refractivity contribution < 1.29 is 14.3 Å². The largest absolute Gasteiger partial charge is 0.462 e. The molecule has 0 fully saturated rings. The number of ether oxygens (including phenoxy) is 1. The van der Waals surface area contributed by atoms with Crippen LogP contribution in [0.4, 0.5) is 0 Å². The van der Waals surface area contributed by atoms with Gasteiger partial charge in [-0.3, -0.25) is 4.79 Å². The Morgan fingerprint density at radius 1 is 0.881 bits per heavy atom. The average molecular weight is 559 g/mol. The fourth-order valence-electron chi connectivity index (χ4n) is 5.38. The van der Waals surface area contributed by atoms with E-state index in [0.29, 0.717) is 24.3 Å². The molecular formula is C37H38N2O3. The molecule has 214 valence electrons. The zero-order valence-corrected chi connectivity index (χ0v) is 24.6. The second-order valence-electron chi connectivity index (χ2n) is 10.7. The lowest BCUT2D eigenvalue weighted by Crippen LogP contribution is -2.28. The summed E-state index contributed by atoms with van der Waals surface area (Å²) in [6, 6.07) is 31.9. The molecule has 42 heavy (non-hydrogen) atoms. The van der Waals surface area contributed by atoms with Gasteiger partial charge in [0.05, 0.1) is 18.2 Å². The second kappa shape index (κ2) is 13.3. The van der Waals surface area contributed by atoms with E-state index in [2.05, 4.69) is 73.3 Å². The van der Waals surface area contributed by atoms with Gasteiger partial charge in [0.2, 0.25) is 0 Å². The van der Waals surface area contributed by atoms with Crippen molar-refractivity contribution >= 4 is 22.8 Å². The van der Waals surface area contributed by atoms with E-state index >= 15 is 0 Å². The van der Waals surface area contributed by atoms with Crippen molar-refractivity contribution in [1.82, 2.24) is 9.88 Å². The van der Waals surface area contributed by atoms with E-state index in [-0.39, 0.29) is 17.9 Å². The van der Waals surface area contributed by atoms with Gasteiger partial charge in [-0.2, -0.15) is 0 Å². The number of carbonyl (C=O) groups is 2. The van der Waals surface area contributed by atoms with E-state index in [1.54, 1.807) is 0 Å². The van der Waals surface area contributed by atoms with E-state index < -0.39 is 0 Å². The van der Waals surface area contributed by atoms with Crippen LogP contribution in [0.1, 0.15) is 76.6 Å². The molecule has 0 saturated heterocycles. The highest BCUT2D eigenvalue weighted by Gasteiger charge is 2.17. The summed E-state index contributed by atoms with van der Waals surface area (Å²) in [5, 5.41) is 4.27. The lowest BCUT2D eigenvalue weighted by atomic mass is 9.98. The van der Waals surface area contributed by atoms with Crippen LogP contribution in [0.3, 0.4) is 0 Å². The van der Waals surface area contributed by atoms with Crippen LogP contribution in [-0.4, -0.2) is 23.1 Å². The van der Waals surface area contributed by atoms with Crippen molar-refractivity contribution in [3.05, 3.63) is 131 Å². The van der Waals surface area contributed by atoms with Gasteiger partial charge in [0.15, 0.2) is 0 Å². The van der Waals surface area contributed by atoms with Crippen LogP contribution in [0.2, 0.25) is 0 Å². The first kappa shape index (κ1) is 28.9. The minimum absolute atomic E-state index is 0.0262. The molecule has 1 atom stereocenters. The van der Waals surface area contributed by atoms with Gasteiger partial charge in [-0.1, -0.05) is 93.1 Å². The summed E-state index contributed by atoms with van der Waals surface area (Å²) >= 11 is 0. The summed E-state index contributed by atoms with van der Waals surface area (Å²) in [4.78, 5) is 25.9. The maximum Gasteiger partial charge on any atom is 0.338 e. The van der Waals surface area contributed by atoms with Gasteiger partial charge in [0.1, 0.15) is 0 Å². The SMILES string of the molecule is CCCCOC(=O)c1ccccc1-c1ccc(Cn2cc(C)c3cc(C(=O)NC(CC)c4ccccc4)ccc32)cc1. The Balaban J connectivity index is 1.32. The third-order valence-corrected chi connectivity index (χ3v) is 7.75. The fourth-order valence-corrected chi connectivity index (χ4v) is 5.38. The first-order valence-corrected chi connectivity index (χ1v) is 14.8. The number of benzene rings is 4. The number of esters is 1. The molecule has 5 nitrogen and oxygen atoms in total. The Kier molecular flexibility index (Phi) is 9.18. The number of aryl methyl sites for hydroxylation is 1. The lowest BCUT2D eigenvalue weighted by molar-refractivity contribution is 0.0500. The summed E-state index contributed by atoms with van der Waals surface area (Å²) in [6.07, 6.45) is 4.80. The first-order valence-electron chi connectivity index (χ1n) is 14.8. The summed E-state index contributed by atoms with van der Waals surface area (Å²) in [7, 11) is 0. The molecule has 1 heterocycles. The third-order valence-electron chi connectivity index (χ3n) is 7.75. The molecule has 0 bridgehead atoms. The molecular weight excluding hydrogens is 520 g/mol. The summed E-state index contributed by atoms with van der Waals surface area (Å²) in [5.41, 5.74) is 7.57. The molecule has 5 heteroatoms. The summed E-state index contributed by atoms with van der Waals surface area (Å²) in [6.45, 7) is 7.37. The number of carbonyl (C=O) groups excluding carboxylic acids is 2. The average Bonchev–Trinajstić information content (AvgIpc) is 3.34. The molecule has 1 unspecified atom stereocenters. The normalized spacial score (nSPS) is 11.8. The zero-order chi connectivity index (χ0) is 29.5. The number of nitrogens with one attached hydrogen (secondary N) is 1. The predicted molar refractivity (Wildman–Crippen MR) is 170 cm³/mol. The van der Waals surface area contributed by atoms with Crippen molar-refractivity contribution in [2.24, 2.45) is 0 Å². The van der Waals surface area contributed by atoms with Crippen LogP contribution >= 0.6 is 0 Å². The molecule has 1 amide bonds. The molecule has 0 aliphatic heterocycles. The number of hydrogen-bond acceptors (Lipinski definition) is 3. The fraction of sp³-hybridized carbons (Fsp3) is 0.243. The topological polar surface area (TPSA) is 60.3 Å². The quantitative estimate of drug-likeness (QED) is 0.131. The molecule has 4 aromatic carbocycles. The summed E-state index contributed by atoms with van der Waals surface area (Å²) in [5.74, 6) is -0.347. The van der Waals surface area contributed by atoms with E-state index in [4.69, 9.17) is 4.74 Å². The molecule has 5 rings (SSSR count). The molecule has 0 spiro atoms. The van der Waals surface area contributed by atoms with Gasteiger partial charge in [0.25, 0.3) is 5.91 Å². The van der Waals surface area contributed by atoms with Crippen molar-refractivity contribution in [2.75, 3.05) is 6.61 Å². The lowest BCUT2D eigenvalue weighted by Gasteiger charge is -2.17. The number of unbranched alkanes of at least 4 members (excludes halogenated alkanes) is 1. The highest BCUT2D eigenvalue weighted by molar-refractivity contribution is 5.99. The van der Waals surface area contributed by atoms with Crippen molar-refractivity contribution in [1.29, 1.82) is 0 Å². The van der Waals surface area contributed by atoms with Gasteiger partial charge < -0.3 is 14.6 Å². The summed E-state index contributed by atoms with van der Waals surface area (Å²) < 4.78 is 7.70. The molecule has 1 aromatic heterocycles. The number of aromatic nitrogens is 1. The first-order chi connectivity index (χ1) is 20.5. The Hall–Kier alpha value is -4.64. The predicted octanol–water partition coefficient (Wildman–Crippen LogP) is 8.50. The monoisotopic (exact) mass is 558 g/mol. The van der Waals surface area contributed by atoms with Crippen LogP contribution in [0.15, 0.2) is 103 Å². The van der Waals surface area contributed by atoms with Crippen LogP contribution in [0.25, 0.3) is 22.0 Å². The highest BCUT2D eigenvalue weighted by Crippen LogP contribution is 2.27. The van der Waals surface area contributed by atoms with Crippen molar-refractivity contribution in [3.8, 4) is 11.1 Å². The van der Waals surface area contributed by atoms with Gasteiger partial charge in [0, 0.05) is 29.2 Å². The number of amides is 1. The van der Waals surface area contributed by atoms with Crippen LogP contribution in [-0.2, 0) is 11.3 Å². The molecule has 5 aromatic rings. The number of hydrogen-bond donors (Lipinski definition) is 1. The van der Waals surface area contributed by atoms with E-state index in [0.717, 1.165) is 58.0 Å². The number of nitrogens with zero attached hydrogens (tertiary/aromatic N) is 1. The molecule has 1 N–H and O–H groups in total. The maximum absolute atomic E-state index is 13.2. The Labute approximate surface area is 248 Å². The van der Waals surface area contributed by atoms with E-state index in [9.17, 15) is 9.59 Å². The molecule has 0 aliphatic rings. The maximum atomic E-state index is 13.2. The van der Waals surface area contributed by atoms with Crippen molar-refractivity contribution in [2.45, 2.75) is 52.6 Å². The molecule has 0 saturated carbocycles. The van der Waals surface area contributed by atoms with Gasteiger partial charge in [-0.05, 0) is 71.8 Å². The number of fused-ring (bicyclic) bond motifs is 1. The zero-order valence-electron chi connectivity index (χ0n) is 24.6. The standard InChI is InChI=1S/C37H38N2O3/c1-4-6-22-42-37(41)32-15-11-10-14-31(32)28-18-16-27(17-19-28)25-39-24-26(3)33-23-30(20-21-35(33)39)36(40)38-34(5-2)29-12-8-7-9-13-29/h7-21,23-24,34H,4-6,22,25H2,1-3H3,(H,38,40). The van der Waals surface area contributed by atoms with Crippen LogP contribution in [0.5, 0.6) is 0 Å². The third kappa shape index (κ3) is 6.46. The van der Waals surface area contributed by atoms with Crippen LogP contribution < -0.4 is 5.32 Å². The van der Waals surface area contributed by atoms with Gasteiger partial charge >= 0.3 is 5.97 Å². The molecule has 0 radical (unpaired) electrons. The minimum atomic E-state index is -0.282. The smallest absolute Gasteiger partial charge is 0.338 e. The second-order valence-corrected chi connectivity index (χ2v) is 10.7. The van der Waals surface area contributed by atoms with E-state index in [1.807, 2.05) is 60.7 Å². The van der Waals surface area contributed by atoms with Gasteiger partial charge in [-0.15, -0.1) is 0 Å². The van der Waals surface area contributed by atoms with E-state index in [1.165, 1.54) is 0 Å².